The van der Waals surface area contributed by atoms with Crippen molar-refractivity contribution in [2.24, 2.45) is 0 Å². The summed E-state index contributed by atoms with van der Waals surface area (Å²) in [5.41, 5.74) is 1.63. The fourth-order valence-electron chi connectivity index (χ4n) is 2.36. The van der Waals surface area contributed by atoms with Crippen LogP contribution in [0.2, 0.25) is 0 Å². The molecule has 124 valence electrons. The predicted molar refractivity (Wildman–Crippen MR) is 92.8 cm³/mol. The molecule has 0 bridgehead atoms. The Hall–Kier alpha value is -1.77. The van der Waals surface area contributed by atoms with Crippen LogP contribution in [0, 0.1) is 0 Å². The Balaban J connectivity index is 0.00000441. The van der Waals surface area contributed by atoms with Crippen LogP contribution < -0.4 is 0 Å². The van der Waals surface area contributed by atoms with Gasteiger partial charge < -0.3 is 10.2 Å². The summed E-state index contributed by atoms with van der Waals surface area (Å²) < 4.78 is 0. The molecule has 1 unspecified atom stereocenters. The number of phenols is 1. The number of hydrogen-bond acceptors (Lipinski definition) is 2. The molecular formula is C19H30O3. The Labute approximate surface area is 134 Å². The maximum Gasteiger partial charge on any atom is 0.314 e. The highest BCUT2D eigenvalue weighted by atomic mass is 16.4. The minimum Gasteiger partial charge on any atom is -0.507 e. The van der Waals surface area contributed by atoms with Crippen LogP contribution in [0.25, 0.3) is 0 Å². The number of carboxylic acid groups (broad SMARTS) is 1. The van der Waals surface area contributed by atoms with Crippen LogP contribution in [0.1, 0.15) is 71.6 Å². The first-order chi connectivity index (χ1) is 9.39. The zero-order chi connectivity index (χ0) is 16.6. The van der Waals surface area contributed by atoms with E-state index in [-0.39, 0.29) is 24.0 Å². The first kappa shape index (κ1) is 20.2. The van der Waals surface area contributed by atoms with Gasteiger partial charge in [0, 0.05) is 0 Å². The minimum absolute atomic E-state index is 0. The van der Waals surface area contributed by atoms with Crippen molar-refractivity contribution in [1.82, 2.24) is 0 Å². The average Bonchev–Trinajstić information content (AvgIpc) is 2.28. The molecule has 1 rings (SSSR count). The SMILES string of the molecule is C.C=CC(C(=O)O)c1cc(C(C)(C)C)c(O)c(C(C)(C)C)c1. The van der Waals surface area contributed by atoms with Crippen LogP contribution in [0.5, 0.6) is 5.75 Å². The second kappa shape index (κ2) is 6.55. The Morgan fingerprint density at radius 1 is 1.09 bits per heavy atom. The van der Waals surface area contributed by atoms with Crippen LogP contribution in [0.15, 0.2) is 24.8 Å². The van der Waals surface area contributed by atoms with Crippen LogP contribution in [0.3, 0.4) is 0 Å². The molecule has 0 saturated carbocycles. The van der Waals surface area contributed by atoms with E-state index in [2.05, 4.69) is 6.58 Å². The first-order valence-corrected chi connectivity index (χ1v) is 7.12. The Bertz CT molecular complexity index is 522. The highest BCUT2D eigenvalue weighted by Gasteiger charge is 2.29. The Morgan fingerprint density at radius 3 is 1.68 bits per heavy atom. The van der Waals surface area contributed by atoms with Gasteiger partial charge >= 0.3 is 5.97 Å². The quantitative estimate of drug-likeness (QED) is 0.774. The fraction of sp³-hybridized carbons (Fsp3) is 0.526. The van der Waals surface area contributed by atoms with Crippen molar-refractivity contribution in [2.75, 3.05) is 0 Å². The number of carboxylic acids is 1. The molecule has 0 aromatic heterocycles. The minimum atomic E-state index is -0.935. The molecule has 0 heterocycles. The average molecular weight is 306 g/mol. The number of aliphatic carboxylic acids is 1. The smallest absolute Gasteiger partial charge is 0.314 e. The summed E-state index contributed by atoms with van der Waals surface area (Å²) in [6, 6.07) is 3.57. The lowest BCUT2D eigenvalue weighted by Gasteiger charge is -2.29. The molecule has 0 saturated heterocycles. The van der Waals surface area contributed by atoms with Crippen molar-refractivity contribution in [3.05, 3.63) is 41.5 Å². The van der Waals surface area contributed by atoms with Gasteiger partial charge in [-0.1, -0.05) is 67.2 Å². The van der Waals surface area contributed by atoms with E-state index in [0.717, 1.165) is 11.1 Å². The molecule has 0 radical (unpaired) electrons. The monoisotopic (exact) mass is 306 g/mol. The first-order valence-electron chi connectivity index (χ1n) is 7.12. The number of benzene rings is 1. The number of carbonyl (C=O) groups is 1. The summed E-state index contributed by atoms with van der Waals surface area (Å²) in [7, 11) is 0. The van der Waals surface area contributed by atoms with Crippen LogP contribution in [-0.2, 0) is 15.6 Å². The van der Waals surface area contributed by atoms with Gasteiger partial charge in [-0.2, -0.15) is 0 Å². The molecule has 0 aliphatic rings. The Morgan fingerprint density at radius 2 is 1.45 bits per heavy atom. The summed E-state index contributed by atoms with van der Waals surface area (Å²) in [6.45, 7) is 15.6. The molecular weight excluding hydrogens is 276 g/mol. The van der Waals surface area contributed by atoms with Crippen molar-refractivity contribution in [3.63, 3.8) is 0 Å². The maximum absolute atomic E-state index is 11.4. The summed E-state index contributed by atoms with van der Waals surface area (Å²) in [5, 5.41) is 20.0. The van der Waals surface area contributed by atoms with Crippen LogP contribution in [-0.4, -0.2) is 16.2 Å². The zero-order valence-corrected chi connectivity index (χ0v) is 13.8. The number of hydrogen-bond donors (Lipinski definition) is 2. The van der Waals surface area contributed by atoms with Gasteiger partial charge in [-0.05, 0) is 27.5 Å². The summed E-state index contributed by atoms with van der Waals surface area (Å²) in [4.78, 5) is 11.4. The van der Waals surface area contributed by atoms with Crippen molar-refractivity contribution < 1.29 is 15.0 Å². The van der Waals surface area contributed by atoms with E-state index in [4.69, 9.17) is 0 Å². The molecule has 3 nitrogen and oxygen atoms in total. The molecule has 2 N–H and O–H groups in total. The van der Waals surface area contributed by atoms with Crippen molar-refractivity contribution in [2.45, 2.75) is 65.7 Å². The summed E-state index contributed by atoms with van der Waals surface area (Å²) in [5.74, 6) is -1.45. The van der Waals surface area contributed by atoms with E-state index in [1.54, 1.807) is 12.1 Å². The van der Waals surface area contributed by atoms with Crippen LogP contribution >= 0.6 is 0 Å². The molecule has 3 heteroatoms. The summed E-state index contributed by atoms with van der Waals surface area (Å²) in [6.07, 6.45) is 1.42. The Kier molecular flexibility index (Phi) is 6.03. The zero-order valence-electron chi connectivity index (χ0n) is 13.8. The normalized spacial score (nSPS) is 13.2. The lowest BCUT2D eigenvalue weighted by atomic mass is 9.77. The van der Waals surface area contributed by atoms with E-state index < -0.39 is 11.9 Å². The summed E-state index contributed by atoms with van der Waals surface area (Å²) >= 11 is 0. The predicted octanol–water partition coefficient (Wildman–Crippen LogP) is 4.98. The molecule has 1 aromatic rings. The van der Waals surface area contributed by atoms with Gasteiger partial charge in [0.25, 0.3) is 0 Å². The molecule has 1 atom stereocenters. The molecule has 0 spiro atoms. The molecule has 0 aliphatic carbocycles. The van der Waals surface area contributed by atoms with E-state index >= 15 is 0 Å². The molecule has 0 amide bonds. The molecule has 22 heavy (non-hydrogen) atoms. The number of rotatable bonds is 3. The van der Waals surface area contributed by atoms with E-state index in [1.165, 1.54) is 6.08 Å². The fourth-order valence-corrected chi connectivity index (χ4v) is 2.36. The highest BCUT2D eigenvalue weighted by molar-refractivity contribution is 5.79. The van der Waals surface area contributed by atoms with Gasteiger partial charge in [0.1, 0.15) is 5.75 Å². The third-order valence-corrected chi connectivity index (χ3v) is 3.61. The lowest BCUT2D eigenvalue weighted by Crippen LogP contribution is -2.19. The topological polar surface area (TPSA) is 57.5 Å². The lowest BCUT2D eigenvalue weighted by molar-refractivity contribution is -0.137. The van der Waals surface area contributed by atoms with E-state index in [9.17, 15) is 15.0 Å². The number of aromatic hydroxyl groups is 1. The maximum atomic E-state index is 11.4. The van der Waals surface area contributed by atoms with Gasteiger partial charge in [0.15, 0.2) is 0 Å². The van der Waals surface area contributed by atoms with Crippen molar-refractivity contribution >= 4 is 5.97 Å². The second-order valence-corrected chi connectivity index (χ2v) is 7.52. The standard InChI is InChI=1S/C18H26O3.CH4/c1-8-12(16(20)21)11-9-13(17(2,3)4)15(19)14(10-11)18(5,6)7;/h8-10,12,19H,1H2,2-7H3,(H,20,21);1H4. The van der Waals surface area contributed by atoms with Crippen molar-refractivity contribution in [3.8, 4) is 5.75 Å². The third kappa shape index (κ3) is 4.12. The van der Waals surface area contributed by atoms with E-state index in [0.29, 0.717) is 5.56 Å². The van der Waals surface area contributed by atoms with Gasteiger partial charge in [-0.25, -0.2) is 0 Å². The largest absolute Gasteiger partial charge is 0.507 e. The van der Waals surface area contributed by atoms with Crippen molar-refractivity contribution in [1.29, 1.82) is 0 Å². The van der Waals surface area contributed by atoms with Crippen LogP contribution in [0.4, 0.5) is 0 Å². The number of phenolic OH excluding ortho intramolecular Hbond substituents is 1. The third-order valence-electron chi connectivity index (χ3n) is 3.61. The molecule has 0 aliphatic heterocycles. The molecule has 0 fully saturated rings. The molecule has 1 aromatic carbocycles. The van der Waals surface area contributed by atoms with Gasteiger partial charge in [-0.15, -0.1) is 6.58 Å². The van der Waals surface area contributed by atoms with Gasteiger partial charge in [0.05, 0.1) is 5.92 Å². The highest BCUT2D eigenvalue weighted by Crippen LogP contribution is 2.41. The van der Waals surface area contributed by atoms with Gasteiger partial charge in [-0.3, -0.25) is 4.79 Å². The van der Waals surface area contributed by atoms with E-state index in [1.807, 2.05) is 41.5 Å². The second-order valence-electron chi connectivity index (χ2n) is 7.52. The van der Waals surface area contributed by atoms with Gasteiger partial charge in [0.2, 0.25) is 0 Å².